The van der Waals surface area contributed by atoms with Gasteiger partial charge in [0.15, 0.2) is 0 Å². The molecule has 4 N–H and O–H groups in total. The summed E-state index contributed by atoms with van der Waals surface area (Å²) >= 11 is 0. The number of hydrogen-bond acceptors (Lipinski definition) is 4. The largest absolute Gasteiger partial charge is 0.351 e. The van der Waals surface area contributed by atoms with Crippen molar-refractivity contribution in [1.29, 1.82) is 0 Å². The van der Waals surface area contributed by atoms with E-state index in [-0.39, 0.29) is 36.3 Å². The topological polar surface area (TPSA) is 91.2 Å². The Labute approximate surface area is 195 Å². The molecule has 0 fully saturated rings. The molecule has 0 aliphatic carbocycles. The highest BCUT2D eigenvalue weighted by Crippen LogP contribution is 2.12. The van der Waals surface area contributed by atoms with E-state index in [0.717, 1.165) is 42.4 Å². The standard InChI is InChI=1S/C23H28N4O2.2ClH/c1-27(13-2-3-17-4-6-18(16-24)7-5-17)14-12-25-23(29)20-8-10-21-19(15-20)9-11-22(28)26-21;;/h4-11,15H,2-3,12-14,16,24H2,1H3,(H,25,29)(H,26,28);2*1H. The molecule has 0 unspecified atom stereocenters. The van der Waals surface area contributed by atoms with Crippen molar-refractivity contribution in [2.45, 2.75) is 19.4 Å². The highest BCUT2D eigenvalue weighted by molar-refractivity contribution is 5.97. The summed E-state index contributed by atoms with van der Waals surface area (Å²) in [6.07, 6.45) is 2.09. The minimum atomic E-state index is -0.148. The van der Waals surface area contributed by atoms with Crippen LogP contribution in [0.4, 0.5) is 0 Å². The lowest BCUT2D eigenvalue weighted by molar-refractivity contribution is 0.0950. The lowest BCUT2D eigenvalue weighted by Crippen LogP contribution is -2.33. The summed E-state index contributed by atoms with van der Waals surface area (Å²) in [4.78, 5) is 28.7. The zero-order valence-corrected chi connectivity index (χ0v) is 19.2. The smallest absolute Gasteiger partial charge is 0.251 e. The number of pyridine rings is 1. The maximum absolute atomic E-state index is 12.4. The van der Waals surface area contributed by atoms with Crippen molar-refractivity contribution in [2.24, 2.45) is 5.73 Å². The summed E-state index contributed by atoms with van der Waals surface area (Å²) in [6, 6.07) is 16.9. The first kappa shape index (κ1) is 26.7. The van der Waals surface area contributed by atoms with Crippen LogP contribution in [0.2, 0.25) is 0 Å². The Morgan fingerprint density at radius 1 is 1.00 bits per heavy atom. The van der Waals surface area contributed by atoms with E-state index in [0.29, 0.717) is 18.7 Å². The molecule has 3 rings (SSSR count). The quantitative estimate of drug-likeness (QED) is 0.453. The number of rotatable bonds is 9. The third kappa shape index (κ3) is 7.99. The molecule has 8 heteroatoms. The number of aromatic amines is 1. The van der Waals surface area contributed by atoms with Gasteiger partial charge in [0.05, 0.1) is 0 Å². The predicted octanol–water partition coefficient (Wildman–Crippen LogP) is 3.12. The summed E-state index contributed by atoms with van der Waals surface area (Å²) in [5.41, 5.74) is 9.27. The van der Waals surface area contributed by atoms with Gasteiger partial charge in [-0.2, -0.15) is 0 Å². The number of carbonyl (C=O) groups excluding carboxylic acids is 1. The Morgan fingerprint density at radius 3 is 2.42 bits per heavy atom. The van der Waals surface area contributed by atoms with Crippen LogP contribution in [-0.2, 0) is 13.0 Å². The van der Waals surface area contributed by atoms with Gasteiger partial charge >= 0.3 is 0 Å². The molecular formula is C23H30Cl2N4O2. The first-order valence-electron chi connectivity index (χ1n) is 9.93. The molecular weight excluding hydrogens is 435 g/mol. The second-order valence-corrected chi connectivity index (χ2v) is 7.31. The van der Waals surface area contributed by atoms with Crippen LogP contribution in [0.1, 0.15) is 27.9 Å². The number of amides is 1. The van der Waals surface area contributed by atoms with Gasteiger partial charge in [0.2, 0.25) is 5.56 Å². The first-order chi connectivity index (χ1) is 14.0. The first-order valence-corrected chi connectivity index (χ1v) is 9.93. The number of H-pyrrole nitrogens is 1. The van der Waals surface area contributed by atoms with E-state index in [1.54, 1.807) is 24.3 Å². The maximum atomic E-state index is 12.4. The number of nitrogens with one attached hydrogen (secondary N) is 2. The van der Waals surface area contributed by atoms with E-state index >= 15 is 0 Å². The van der Waals surface area contributed by atoms with Gasteiger partial charge in [-0.25, -0.2) is 0 Å². The summed E-state index contributed by atoms with van der Waals surface area (Å²) in [7, 11) is 2.07. The molecule has 0 saturated heterocycles. The molecule has 2 aromatic carbocycles. The molecule has 0 radical (unpaired) electrons. The molecule has 3 aromatic rings. The molecule has 1 heterocycles. The maximum Gasteiger partial charge on any atom is 0.251 e. The second-order valence-electron chi connectivity index (χ2n) is 7.31. The van der Waals surface area contributed by atoms with Gasteiger partial charge in [-0.15, -0.1) is 24.8 Å². The normalized spacial score (nSPS) is 10.4. The average molecular weight is 465 g/mol. The molecule has 1 amide bonds. The van der Waals surface area contributed by atoms with Crippen LogP contribution in [-0.4, -0.2) is 42.5 Å². The molecule has 168 valence electrons. The minimum Gasteiger partial charge on any atom is -0.351 e. The highest BCUT2D eigenvalue weighted by Gasteiger charge is 2.07. The monoisotopic (exact) mass is 464 g/mol. The predicted molar refractivity (Wildman–Crippen MR) is 132 cm³/mol. The van der Waals surface area contributed by atoms with Crippen molar-refractivity contribution in [3.63, 3.8) is 0 Å². The van der Waals surface area contributed by atoms with Crippen molar-refractivity contribution in [3.8, 4) is 0 Å². The SMILES string of the molecule is CN(CCCc1ccc(CN)cc1)CCNC(=O)c1ccc2[nH]c(=O)ccc2c1.Cl.Cl. The summed E-state index contributed by atoms with van der Waals surface area (Å²) < 4.78 is 0. The van der Waals surface area contributed by atoms with E-state index in [1.807, 2.05) is 0 Å². The van der Waals surface area contributed by atoms with E-state index in [1.165, 1.54) is 11.6 Å². The highest BCUT2D eigenvalue weighted by atomic mass is 35.5. The van der Waals surface area contributed by atoms with Gasteiger partial charge in [-0.1, -0.05) is 24.3 Å². The van der Waals surface area contributed by atoms with Gasteiger partial charge in [0.1, 0.15) is 0 Å². The lowest BCUT2D eigenvalue weighted by Gasteiger charge is -2.17. The molecule has 0 saturated carbocycles. The molecule has 6 nitrogen and oxygen atoms in total. The number of aryl methyl sites for hydroxylation is 1. The number of benzene rings is 2. The van der Waals surface area contributed by atoms with Gasteiger partial charge in [0, 0.05) is 36.8 Å². The molecule has 0 aliphatic heterocycles. The van der Waals surface area contributed by atoms with Crippen molar-refractivity contribution < 1.29 is 4.79 Å². The van der Waals surface area contributed by atoms with E-state index < -0.39 is 0 Å². The zero-order valence-electron chi connectivity index (χ0n) is 17.6. The van der Waals surface area contributed by atoms with Gasteiger partial charge in [0.25, 0.3) is 5.91 Å². The van der Waals surface area contributed by atoms with Crippen LogP contribution >= 0.6 is 24.8 Å². The number of hydrogen-bond donors (Lipinski definition) is 3. The number of likely N-dealkylation sites (N-methyl/N-ethyl adjacent to an activating group) is 1. The van der Waals surface area contributed by atoms with E-state index in [4.69, 9.17) is 5.73 Å². The molecule has 0 spiro atoms. The Kier molecular flexibility index (Phi) is 11.3. The van der Waals surface area contributed by atoms with Crippen LogP contribution in [0.15, 0.2) is 59.4 Å². The third-order valence-corrected chi connectivity index (χ3v) is 5.03. The Morgan fingerprint density at radius 2 is 1.71 bits per heavy atom. The molecule has 0 aliphatic rings. The third-order valence-electron chi connectivity index (χ3n) is 5.03. The Hall–Kier alpha value is -2.38. The Balaban J connectivity index is 0.00000240. The van der Waals surface area contributed by atoms with Gasteiger partial charge < -0.3 is 20.9 Å². The summed E-state index contributed by atoms with van der Waals surface area (Å²) in [5, 5.41) is 3.80. The lowest BCUT2D eigenvalue weighted by atomic mass is 10.1. The fourth-order valence-corrected chi connectivity index (χ4v) is 3.26. The number of nitrogens with zero attached hydrogens (tertiary/aromatic N) is 1. The van der Waals surface area contributed by atoms with E-state index in [2.05, 4.69) is 46.5 Å². The van der Waals surface area contributed by atoms with Crippen LogP contribution in [0.25, 0.3) is 10.9 Å². The van der Waals surface area contributed by atoms with Crippen molar-refractivity contribution in [1.82, 2.24) is 15.2 Å². The van der Waals surface area contributed by atoms with E-state index in [9.17, 15) is 9.59 Å². The number of halogens is 2. The Bertz CT molecular complexity index is 1020. The molecule has 31 heavy (non-hydrogen) atoms. The van der Waals surface area contributed by atoms with Gasteiger partial charge in [-0.05, 0) is 67.2 Å². The van der Waals surface area contributed by atoms with Crippen molar-refractivity contribution in [2.75, 3.05) is 26.7 Å². The molecule has 0 atom stereocenters. The van der Waals surface area contributed by atoms with Crippen molar-refractivity contribution >= 4 is 41.6 Å². The van der Waals surface area contributed by atoms with Crippen LogP contribution in [0.3, 0.4) is 0 Å². The number of fused-ring (bicyclic) bond motifs is 1. The summed E-state index contributed by atoms with van der Waals surface area (Å²) in [5.74, 6) is -0.105. The minimum absolute atomic E-state index is 0. The second kappa shape index (κ2) is 13.1. The van der Waals surface area contributed by atoms with Gasteiger partial charge in [-0.3, -0.25) is 9.59 Å². The van der Waals surface area contributed by atoms with Crippen LogP contribution in [0, 0.1) is 0 Å². The average Bonchev–Trinajstić information content (AvgIpc) is 2.73. The van der Waals surface area contributed by atoms with Crippen LogP contribution < -0.4 is 16.6 Å². The molecule has 1 aromatic heterocycles. The fraction of sp³-hybridized carbons (Fsp3) is 0.304. The molecule has 0 bridgehead atoms. The summed E-state index contributed by atoms with van der Waals surface area (Å²) in [6.45, 7) is 2.92. The number of nitrogens with two attached hydrogens (primary N) is 1. The van der Waals surface area contributed by atoms with Crippen LogP contribution in [0.5, 0.6) is 0 Å². The number of carbonyl (C=O) groups is 1. The fourth-order valence-electron chi connectivity index (χ4n) is 3.26. The number of aromatic nitrogens is 1. The zero-order chi connectivity index (χ0) is 20.6. The van der Waals surface area contributed by atoms with Crippen molar-refractivity contribution in [3.05, 3.63) is 81.6 Å².